The van der Waals surface area contributed by atoms with E-state index in [1.54, 1.807) is 0 Å². The van der Waals surface area contributed by atoms with E-state index in [2.05, 4.69) is 10.3 Å². The van der Waals surface area contributed by atoms with Crippen molar-refractivity contribution in [3.05, 3.63) is 53.1 Å². The predicted octanol–water partition coefficient (Wildman–Crippen LogP) is 3.91. The number of phenols is 1. The molecule has 0 spiro atoms. The number of nitrogens with one attached hydrogen (secondary N) is 1. The van der Waals surface area contributed by atoms with Crippen LogP contribution in [-0.4, -0.2) is 16.0 Å². The number of fused-ring (bicyclic) bond motifs is 1. The normalized spacial score (nSPS) is 10.7. The Kier molecular flexibility index (Phi) is 3.30. The second-order valence-corrected chi connectivity index (χ2v) is 5.57. The summed E-state index contributed by atoms with van der Waals surface area (Å²) in [5, 5.41) is 13.2. The van der Waals surface area contributed by atoms with Gasteiger partial charge in [0.05, 0.1) is 15.8 Å². The van der Waals surface area contributed by atoms with Crippen molar-refractivity contribution in [2.24, 2.45) is 0 Å². The van der Waals surface area contributed by atoms with Gasteiger partial charge in [-0.2, -0.15) is 0 Å². The van der Waals surface area contributed by atoms with E-state index in [0.717, 1.165) is 10.2 Å². The van der Waals surface area contributed by atoms with E-state index in [0.29, 0.717) is 10.2 Å². The topological polar surface area (TPSA) is 62.2 Å². The third-order valence-corrected chi connectivity index (χ3v) is 3.90. The summed E-state index contributed by atoms with van der Waals surface area (Å²) in [6.45, 7) is 0. The zero-order valence-electron chi connectivity index (χ0n) is 10.1. The SMILES string of the molecule is O=C(Nc1nc2ccccc2s1)c1cc(Cl)ccc1O. The van der Waals surface area contributed by atoms with Crippen LogP contribution in [0.5, 0.6) is 5.75 Å². The monoisotopic (exact) mass is 304 g/mol. The van der Waals surface area contributed by atoms with E-state index in [-0.39, 0.29) is 11.3 Å². The summed E-state index contributed by atoms with van der Waals surface area (Å²) in [5.41, 5.74) is 0.944. The van der Waals surface area contributed by atoms with Gasteiger partial charge in [0, 0.05) is 5.02 Å². The van der Waals surface area contributed by atoms with Crippen LogP contribution in [0, 0.1) is 0 Å². The zero-order valence-corrected chi connectivity index (χ0v) is 11.7. The van der Waals surface area contributed by atoms with E-state index in [1.807, 2.05) is 24.3 Å². The average molecular weight is 305 g/mol. The van der Waals surface area contributed by atoms with Gasteiger partial charge >= 0.3 is 0 Å². The number of thiazole rings is 1. The Morgan fingerprint density at radius 1 is 1.25 bits per heavy atom. The lowest BCUT2D eigenvalue weighted by atomic mass is 10.2. The number of hydrogen-bond donors (Lipinski definition) is 2. The first-order valence-electron chi connectivity index (χ1n) is 5.79. The Hall–Kier alpha value is -2.11. The van der Waals surface area contributed by atoms with Crippen LogP contribution in [0.1, 0.15) is 10.4 Å². The van der Waals surface area contributed by atoms with Crippen molar-refractivity contribution >= 4 is 44.2 Å². The van der Waals surface area contributed by atoms with Gasteiger partial charge < -0.3 is 5.11 Å². The molecule has 0 bridgehead atoms. The lowest BCUT2D eigenvalue weighted by Gasteiger charge is -2.04. The first kappa shape index (κ1) is 12.9. The summed E-state index contributed by atoms with van der Waals surface area (Å²) in [6, 6.07) is 11.9. The van der Waals surface area contributed by atoms with Gasteiger partial charge in [-0.1, -0.05) is 35.1 Å². The second kappa shape index (κ2) is 5.11. The molecule has 2 N–H and O–H groups in total. The van der Waals surface area contributed by atoms with Crippen molar-refractivity contribution in [3.8, 4) is 5.75 Å². The molecule has 0 fully saturated rings. The van der Waals surface area contributed by atoms with Gasteiger partial charge in [0.25, 0.3) is 5.91 Å². The van der Waals surface area contributed by atoms with Gasteiger partial charge in [-0.25, -0.2) is 4.98 Å². The first-order valence-corrected chi connectivity index (χ1v) is 6.98. The van der Waals surface area contributed by atoms with Crippen LogP contribution in [0.4, 0.5) is 5.13 Å². The summed E-state index contributed by atoms with van der Waals surface area (Å²) in [7, 11) is 0. The molecule has 3 rings (SSSR count). The van der Waals surface area contributed by atoms with E-state index < -0.39 is 5.91 Å². The highest BCUT2D eigenvalue weighted by Crippen LogP contribution is 2.27. The molecule has 0 saturated heterocycles. The lowest BCUT2D eigenvalue weighted by Crippen LogP contribution is -2.11. The van der Waals surface area contributed by atoms with Gasteiger partial charge in [0.2, 0.25) is 0 Å². The first-order chi connectivity index (χ1) is 9.63. The molecular formula is C14H9ClN2O2S. The van der Waals surface area contributed by atoms with Gasteiger partial charge in [-0.15, -0.1) is 0 Å². The van der Waals surface area contributed by atoms with E-state index in [1.165, 1.54) is 29.5 Å². The highest BCUT2D eigenvalue weighted by molar-refractivity contribution is 7.22. The molecule has 4 nitrogen and oxygen atoms in total. The maximum absolute atomic E-state index is 12.1. The minimum atomic E-state index is -0.441. The average Bonchev–Trinajstić information content (AvgIpc) is 2.83. The van der Waals surface area contributed by atoms with E-state index in [4.69, 9.17) is 11.6 Å². The molecule has 0 unspecified atom stereocenters. The maximum Gasteiger partial charge on any atom is 0.261 e. The van der Waals surface area contributed by atoms with Crippen molar-refractivity contribution < 1.29 is 9.90 Å². The van der Waals surface area contributed by atoms with E-state index in [9.17, 15) is 9.90 Å². The molecule has 100 valence electrons. The summed E-state index contributed by atoms with van der Waals surface area (Å²) in [6.07, 6.45) is 0. The molecule has 0 aliphatic heterocycles. The lowest BCUT2D eigenvalue weighted by molar-refractivity contribution is 0.102. The minimum absolute atomic E-state index is 0.118. The number of nitrogens with zero attached hydrogens (tertiary/aromatic N) is 1. The summed E-state index contributed by atoms with van der Waals surface area (Å²) in [4.78, 5) is 16.4. The van der Waals surface area contributed by atoms with Crippen LogP contribution in [-0.2, 0) is 0 Å². The Balaban J connectivity index is 1.90. The molecule has 3 aromatic rings. The molecule has 0 aliphatic carbocycles. The van der Waals surface area contributed by atoms with Crippen LogP contribution in [0.25, 0.3) is 10.2 Å². The van der Waals surface area contributed by atoms with Crippen molar-refractivity contribution in [2.75, 3.05) is 5.32 Å². The van der Waals surface area contributed by atoms with Gasteiger partial charge in [-0.05, 0) is 30.3 Å². The molecule has 0 aliphatic rings. The summed E-state index contributed by atoms with van der Waals surface area (Å²) >= 11 is 7.20. The van der Waals surface area contributed by atoms with Crippen LogP contribution in [0.3, 0.4) is 0 Å². The van der Waals surface area contributed by atoms with Crippen molar-refractivity contribution in [1.29, 1.82) is 0 Å². The summed E-state index contributed by atoms with van der Waals surface area (Å²) < 4.78 is 0.984. The Bertz CT molecular complexity index is 768. The van der Waals surface area contributed by atoms with Gasteiger partial charge in [-0.3, -0.25) is 10.1 Å². The number of hydrogen-bond acceptors (Lipinski definition) is 4. The Morgan fingerprint density at radius 2 is 2.05 bits per heavy atom. The Morgan fingerprint density at radius 3 is 2.85 bits per heavy atom. The predicted molar refractivity (Wildman–Crippen MR) is 80.7 cm³/mol. The smallest absolute Gasteiger partial charge is 0.261 e. The summed E-state index contributed by atoms with van der Waals surface area (Å²) in [5.74, 6) is -0.558. The fourth-order valence-corrected chi connectivity index (χ4v) is 2.81. The molecule has 2 aromatic carbocycles. The molecule has 1 amide bonds. The number of carbonyl (C=O) groups excluding carboxylic acids is 1. The highest BCUT2D eigenvalue weighted by atomic mass is 35.5. The number of rotatable bonds is 2. The number of anilines is 1. The third kappa shape index (κ3) is 2.45. The molecule has 0 saturated carbocycles. The Labute approximate surface area is 123 Å². The van der Waals surface area contributed by atoms with Crippen LogP contribution in [0.2, 0.25) is 5.02 Å². The van der Waals surface area contributed by atoms with Crippen LogP contribution in [0.15, 0.2) is 42.5 Å². The van der Waals surface area contributed by atoms with E-state index >= 15 is 0 Å². The molecule has 1 aromatic heterocycles. The number of amides is 1. The highest BCUT2D eigenvalue weighted by Gasteiger charge is 2.14. The molecule has 20 heavy (non-hydrogen) atoms. The van der Waals surface area contributed by atoms with Gasteiger partial charge in [0.1, 0.15) is 5.75 Å². The van der Waals surface area contributed by atoms with Gasteiger partial charge in [0.15, 0.2) is 5.13 Å². The number of aromatic nitrogens is 1. The zero-order chi connectivity index (χ0) is 14.1. The quantitative estimate of drug-likeness (QED) is 0.754. The number of carbonyl (C=O) groups is 1. The molecular weight excluding hydrogens is 296 g/mol. The molecule has 0 radical (unpaired) electrons. The molecule has 6 heteroatoms. The van der Waals surface area contributed by atoms with Crippen molar-refractivity contribution in [3.63, 3.8) is 0 Å². The van der Waals surface area contributed by atoms with Crippen LogP contribution >= 0.6 is 22.9 Å². The number of halogens is 1. The van der Waals surface area contributed by atoms with Crippen molar-refractivity contribution in [1.82, 2.24) is 4.98 Å². The second-order valence-electron chi connectivity index (χ2n) is 4.10. The number of aromatic hydroxyl groups is 1. The minimum Gasteiger partial charge on any atom is -0.507 e. The fourth-order valence-electron chi connectivity index (χ4n) is 1.78. The number of benzene rings is 2. The largest absolute Gasteiger partial charge is 0.507 e. The maximum atomic E-state index is 12.1. The van der Waals surface area contributed by atoms with Crippen molar-refractivity contribution in [2.45, 2.75) is 0 Å². The third-order valence-electron chi connectivity index (χ3n) is 2.72. The number of phenolic OH excluding ortho intramolecular Hbond substituents is 1. The van der Waals surface area contributed by atoms with Crippen LogP contribution < -0.4 is 5.32 Å². The molecule has 1 heterocycles. The fraction of sp³-hybridized carbons (Fsp3) is 0. The number of para-hydroxylation sites is 1. The standard InChI is InChI=1S/C14H9ClN2O2S/c15-8-5-6-11(18)9(7-8)13(19)17-14-16-10-3-1-2-4-12(10)20-14/h1-7,18H,(H,16,17,19). The molecule has 0 atom stereocenters.